The van der Waals surface area contributed by atoms with E-state index in [0.29, 0.717) is 6.42 Å². The third-order valence-corrected chi connectivity index (χ3v) is 3.21. The third kappa shape index (κ3) is 1.12. The first-order valence-electron chi connectivity index (χ1n) is 4.63. The zero-order valence-electron chi connectivity index (χ0n) is 7.71. The summed E-state index contributed by atoms with van der Waals surface area (Å²) in [6.45, 7) is 1.90. The van der Waals surface area contributed by atoms with E-state index in [1.165, 1.54) is 0 Å². The second-order valence-electron chi connectivity index (χ2n) is 4.08. The van der Waals surface area contributed by atoms with Crippen molar-refractivity contribution < 1.29 is 24.5 Å². The minimum atomic E-state index is -1.06. The molecule has 2 saturated heterocycles. The highest BCUT2D eigenvalue weighted by Gasteiger charge is 2.58. The number of carbonyl (C=O) groups is 2. The maximum atomic E-state index is 10.9. The first-order valence-corrected chi connectivity index (χ1v) is 4.63. The SMILES string of the molecule is C[C@H]1C[C@@H]2O[C@H]1[C@@H](C(=O)O)[C@H]2C(=O)O. The lowest BCUT2D eigenvalue weighted by molar-refractivity contribution is -0.154. The summed E-state index contributed by atoms with van der Waals surface area (Å²) in [6, 6.07) is 0. The van der Waals surface area contributed by atoms with Crippen molar-refractivity contribution in [3.8, 4) is 0 Å². The van der Waals surface area contributed by atoms with E-state index < -0.39 is 36.0 Å². The molecular weight excluding hydrogens is 188 g/mol. The van der Waals surface area contributed by atoms with Crippen LogP contribution in [0.4, 0.5) is 0 Å². The molecule has 0 spiro atoms. The molecule has 5 atom stereocenters. The largest absolute Gasteiger partial charge is 0.481 e. The van der Waals surface area contributed by atoms with Crippen molar-refractivity contribution in [2.45, 2.75) is 25.6 Å². The molecule has 2 heterocycles. The van der Waals surface area contributed by atoms with Gasteiger partial charge in [-0.3, -0.25) is 9.59 Å². The quantitative estimate of drug-likeness (QED) is 0.665. The standard InChI is InChI=1S/C9H12O5/c1-3-2-4-5(8(10)11)6(9(12)13)7(3)14-4/h3-7H,2H2,1H3,(H,10,11)(H,12,13)/t3-,4-,5-,6-,7+/m0/s1. The Hall–Kier alpha value is -1.10. The number of hydrogen-bond acceptors (Lipinski definition) is 3. The number of aliphatic carboxylic acids is 2. The normalized spacial score (nSPS) is 45.4. The molecule has 0 aromatic carbocycles. The Morgan fingerprint density at radius 2 is 1.79 bits per heavy atom. The fourth-order valence-corrected chi connectivity index (χ4v) is 2.60. The molecule has 2 aliphatic heterocycles. The molecule has 5 heteroatoms. The lowest BCUT2D eigenvalue weighted by Gasteiger charge is -2.25. The first-order chi connectivity index (χ1) is 6.52. The van der Waals surface area contributed by atoms with E-state index in [9.17, 15) is 9.59 Å². The fraction of sp³-hybridized carbons (Fsp3) is 0.778. The minimum Gasteiger partial charge on any atom is -0.481 e. The highest BCUT2D eigenvalue weighted by Crippen LogP contribution is 2.46. The van der Waals surface area contributed by atoms with Gasteiger partial charge in [-0.1, -0.05) is 6.92 Å². The van der Waals surface area contributed by atoms with E-state index in [1.54, 1.807) is 0 Å². The molecule has 2 aliphatic rings. The van der Waals surface area contributed by atoms with Gasteiger partial charge in [-0.25, -0.2) is 0 Å². The van der Waals surface area contributed by atoms with Gasteiger partial charge in [-0.2, -0.15) is 0 Å². The summed E-state index contributed by atoms with van der Waals surface area (Å²) in [7, 11) is 0. The maximum absolute atomic E-state index is 10.9. The minimum absolute atomic E-state index is 0.150. The number of rotatable bonds is 2. The number of carboxylic acids is 2. The van der Waals surface area contributed by atoms with Crippen LogP contribution in [0, 0.1) is 17.8 Å². The Morgan fingerprint density at radius 3 is 2.29 bits per heavy atom. The van der Waals surface area contributed by atoms with Gasteiger partial charge in [0.25, 0.3) is 0 Å². The van der Waals surface area contributed by atoms with Crippen molar-refractivity contribution in [3.05, 3.63) is 0 Å². The van der Waals surface area contributed by atoms with Gasteiger partial charge in [-0.15, -0.1) is 0 Å². The molecule has 5 nitrogen and oxygen atoms in total. The number of ether oxygens (including phenoxy) is 1. The summed E-state index contributed by atoms with van der Waals surface area (Å²) in [5.41, 5.74) is 0. The Bertz CT molecular complexity index is 287. The van der Waals surface area contributed by atoms with Crippen LogP contribution in [0.1, 0.15) is 13.3 Å². The Balaban J connectivity index is 2.27. The Morgan fingerprint density at radius 1 is 1.21 bits per heavy atom. The van der Waals surface area contributed by atoms with Crippen molar-refractivity contribution in [3.63, 3.8) is 0 Å². The average molecular weight is 200 g/mol. The van der Waals surface area contributed by atoms with E-state index in [2.05, 4.69) is 0 Å². The predicted octanol–water partition coefficient (Wildman–Crippen LogP) is 0.195. The highest BCUT2D eigenvalue weighted by molar-refractivity contribution is 5.82. The van der Waals surface area contributed by atoms with Crippen molar-refractivity contribution in [2.75, 3.05) is 0 Å². The summed E-state index contributed by atoms with van der Waals surface area (Å²) < 4.78 is 5.37. The zero-order valence-corrected chi connectivity index (χ0v) is 7.71. The Labute approximate surface area is 80.7 Å². The molecule has 2 fully saturated rings. The van der Waals surface area contributed by atoms with Gasteiger partial charge < -0.3 is 14.9 Å². The third-order valence-electron chi connectivity index (χ3n) is 3.21. The van der Waals surface area contributed by atoms with E-state index in [-0.39, 0.29) is 5.92 Å². The molecule has 0 aromatic rings. The highest BCUT2D eigenvalue weighted by atomic mass is 16.5. The van der Waals surface area contributed by atoms with Crippen molar-refractivity contribution >= 4 is 11.9 Å². The van der Waals surface area contributed by atoms with Crippen LogP contribution in [0.25, 0.3) is 0 Å². The monoisotopic (exact) mass is 200 g/mol. The average Bonchev–Trinajstić information content (AvgIpc) is 2.58. The molecule has 0 radical (unpaired) electrons. The molecule has 2 rings (SSSR count). The zero-order chi connectivity index (χ0) is 10.5. The van der Waals surface area contributed by atoms with Gasteiger partial charge in [0.2, 0.25) is 0 Å². The summed E-state index contributed by atoms with van der Waals surface area (Å²) >= 11 is 0. The van der Waals surface area contributed by atoms with Crippen LogP contribution in [-0.4, -0.2) is 34.4 Å². The van der Waals surface area contributed by atoms with Crippen LogP contribution < -0.4 is 0 Å². The molecule has 0 unspecified atom stereocenters. The Kier molecular flexibility index (Phi) is 1.99. The van der Waals surface area contributed by atoms with Crippen molar-refractivity contribution in [2.24, 2.45) is 17.8 Å². The number of fused-ring (bicyclic) bond motifs is 2. The van der Waals surface area contributed by atoms with Crippen LogP contribution >= 0.6 is 0 Å². The van der Waals surface area contributed by atoms with Crippen molar-refractivity contribution in [1.82, 2.24) is 0 Å². The first kappa shape index (κ1) is 9.45. The smallest absolute Gasteiger partial charge is 0.310 e. The van der Waals surface area contributed by atoms with E-state index in [0.717, 1.165) is 0 Å². The van der Waals surface area contributed by atoms with E-state index in [4.69, 9.17) is 14.9 Å². The molecule has 2 bridgehead atoms. The maximum Gasteiger partial charge on any atom is 0.310 e. The fourth-order valence-electron chi connectivity index (χ4n) is 2.60. The van der Waals surface area contributed by atoms with Gasteiger partial charge in [0.1, 0.15) is 0 Å². The number of carboxylic acid groups (broad SMARTS) is 2. The van der Waals surface area contributed by atoms with Crippen LogP contribution in [0.2, 0.25) is 0 Å². The van der Waals surface area contributed by atoms with Gasteiger partial charge in [0, 0.05) is 0 Å². The topological polar surface area (TPSA) is 83.8 Å². The molecule has 0 aromatic heterocycles. The predicted molar refractivity (Wildman–Crippen MR) is 44.7 cm³/mol. The summed E-state index contributed by atoms with van der Waals surface area (Å²) in [4.78, 5) is 21.8. The van der Waals surface area contributed by atoms with Gasteiger partial charge >= 0.3 is 11.9 Å². The van der Waals surface area contributed by atoms with Gasteiger partial charge in [0.15, 0.2) is 0 Å². The molecule has 78 valence electrons. The molecular formula is C9H12O5. The summed E-state index contributed by atoms with van der Waals surface area (Å²) in [5.74, 6) is -3.71. The molecule has 14 heavy (non-hydrogen) atoms. The second-order valence-corrected chi connectivity index (χ2v) is 4.08. The molecule has 0 aliphatic carbocycles. The second kappa shape index (κ2) is 2.95. The van der Waals surface area contributed by atoms with Gasteiger partial charge in [0.05, 0.1) is 24.0 Å². The molecule has 0 saturated carbocycles. The summed E-state index contributed by atoms with van der Waals surface area (Å²) in [5, 5.41) is 17.8. The lowest BCUT2D eigenvalue weighted by Crippen LogP contribution is -2.41. The molecule has 0 amide bonds. The van der Waals surface area contributed by atoms with E-state index in [1.807, 2.05) is 6.92 Å². The summed E-state index contributed by atoms with van der Waals surface area (Å²) in [6.07, 6.45) is -0.169. The number of hydrogen-bond donors (Lipinski definition) is 2. The van der Waals surface area contributed by atoms with E-state index >= 15 is 0 Å². The van der Waals surface area contributed by atoms with Crippen LogP contribution in [0.5, 0.6) is 0 Å². The lowest BCUT2D eigenvalue weighted by atomic mass is 9.75. The van der Waals surface area contributed by atoms with Crippen LogP contribution in [0.15, 0.2) is 0 Å². The van der Waals surface area contributed by atoms with Gasteiger partial charge in [-0.05, 0) is 12.3 Å². The van der Waals surface area contributed by atoms with Crippen LogP contribution in [-0.2, 0) is 14.3 Å². The van der Waals surface area contributed by atoms with Crippen LogP contribution in [0.3, 0.4) is 0 Å². The molecule has 2 N–H and O–H groups in total. The van der Waals surface area contributed by atoms with Crippen molar-refractivity contribution in [1.29, 1.82) is 0 Å².